The van der Waals surface area contributed by atoms with Gasteiger partial charge in [0.25, 0.3) is 5.91 Å². The summed E-state index contributed by atoms with van der Waals surface area (Å²) >= 11 is 0. The predicted molar refractivity (Wildman–Crippen MR) is 91.9 cm³/mol. The molecule has 0 unspecified atom stereocenters. The Morgan fingerprint density at radius 2 is 1.77 bits per heavy atom. The van der Waals surface area contributed by atoms with E-state index in [1.165, 1.54) is 26.1 Å². The fourth-order valence-corrected chi connectivity index (χ4v) is 4.87. The van der Waals surface area contributed by atoms with E-state index >= 15 is 0 Å². The number of carbonyl (C=O) groups is 4. The normalized spacial score (nSPS) is 23.3. The monoisotopic (exact) mass is 456 g/mol. The summed E-state index contributed by atoms with van der Waals surface area (Å²) in [5.41, 5.74) is -1.88. The number of carbonyl (C=O) groups excluding carboxylic acids is 4. The van der Waals surface area contributed by atoms with E-state index in [-0.39, 0.29) is 5.57 Å². The number of hydrogen-bond donors (Lipinski definition) is 1. The van der Waals surface area contributed by atoms with Crippen LogP contribution in [0.5, 0.6) is 0 Å². The van der Waals surface area contributed by atoms with Gasteiger partial charge in [0, 0.05) is 12.5 Å². The van der Waals surface area contributed by atoms with Crippen molar-refractivity contribution in [3.63, 3.8) is 0 Å². The van der Waals surface area contributed by atoms with Gasteiger partial charge in [-0.25, -0.2) is 13.2 Å². The first-order chi connectivity index (χ1) is 13.5. The molecule has 2 atom stereocenters. The van der Waals surface area contributed by atoms with E-state index in [1.54, 1.807) is 0 Å². The Balaban J connectivity index is 2.47. The molecule has 2 aliphatic heterocycles. The van der Waals surface area contributed by atoms with Crippen molar-refractivity contribution >= 4 is 33.6 Å². The van der Waals surface area contributed by atoms with Crippen LogP contribution in [0.2, 0.25) is 0 Å². The molecule has 0 aliphatic carbocycles. The van der Waals surface area contributed by atoms with Gasteiger partial charge in [-0.15, -0.1) is 0 Å². The van der Waals surface area contributed by atoms with E-state index in [4.69, 9.17) is 9.47 Å². The Morgan fingerprint density at radius 1 is 1.20 bits per heavy atom. The number of esters is 2. The van der Waals surface area contributed by atoms with Crippen LogP contribution in [0.3, 0.4) is 0 Å². The molecule has 30 heavy (non-hydrogen) atoms. The van der Waals surface area contributed by atoms with E-state index in [1.807, 2.05) is 0 Å². The van der Waals surface area contributed by atoms with Gasteiger partial charge in [0.15, 0.2) is 15.2 Å². The summed E-state index contributed by atoms with van der Waals surface area (Å²) in [5, 5.41) is -0.591. The number of nitrogens with zero attached hydrogens (tertiary/aromatic N) is 1. The number of fused-ring (bicyclic) bond motifs is 1. The molecule has 0 saturated carbocycles. The maximum Gasteiger partial charge on any atom is 0.471 e. The van der Waals surface area contributed by atoms with Gasteiger partial charge in [-0.05, 0) is 20.8 Å². The average molecular weight is 456 g/mol. The maximum atomic E-state index is 12.6. The summed E-state index contributed by atoms with van der Waals surface area (Å²) in [4.78, 5) is 47.8. The minimum absolute atomic E-state index is 0.273. The minimum atomic E-state index is -5.34. The van der Waals surface area contributed by atoms with Crippen LogP contribution in [0.1, 0.15) is 27.7 Å². The Hall–Kier alpha value is -2.64. The molecule has 0 radical (unpaired) electrons. The number of amides is 2. The largest absolute Gasteiger partial charge is 0.471 e. The highest BCUT2D eigenvalue weighted by Crippen LogP contribution is 2.38. The van der Waals surface area contributed by atoms with Crippen LogP contribution in [0.25, 0.3) is 0 Å². The maximum absolute atomic E-state index is 12.6. The molecule has 2 rings (SSSR count). The summed E-state index contributed by atoms with van der Waals surface area (Å²) < 4.78 is 72.6. The first-order valence-corrected chi connectivity index (χ1v) is 10.2. The second-order valence-corrected chi connectivity index (χ2v) is 9.69. The number of ether oxygens (including phenoxy) is 2. The average Bonchev–Trinajstić information content (AvgIpc) is 2.53. The molecule has 0 aromatic heterocycles. The molecule has 168 valence electrons. The van der Waals surface area contributed by atoms with Gasteiger partial charge in [-0.1, -0.05) is 0 Å². The first kappa shape index (κ1) is 23.6. The molecule has 2 amide bonds. The van der Waals surface area contributed by atoms with Crippen LogP contribution in [0.4, 0.5) is 13.2 Å². The van der Waals surface area contributed by atoms with Crippen LogP contribution < -0.4 is 5.32 Å². The summed E-state index contributed by atoms with van der Waals surface area (Å²) in [6.07, 6.45) is -5.34. The summed E-state index contributed by atoms with van der Waals surface area (Å²) in [7, 11) is -4.34. The topological polar surface area (TPSA) is 136 Å². The second kappa shape index (κ2) is 7.56. The zero-order chi connectivity index (χ0) is 23.2. The van der Waals surface area contributed by atoms with Crippen LogP contribution in [-0.4, -0.2) is 72.6 Å². The van der Waals surface area contributed by atoms with Gasteiger partial charge in [0.05, 0.1) is 5.75 Å². The molecule has 1 N–H and O–H groups in total. The standard InChI is InChI=1S/C16H19F3N2O8S/c1-7(22)28-5-8-6-30(26,27)12-9(20-14(25)16(17,18)19)11(23)21(12)10(8)13(24)29-15(2,3)4/h9,12H,5-6H2,1-4H3,(H,20,25)/t9-,12+/m0/s1. The van der Waals surface area contributed by atoms with Crippen molar-refractivity contribution < 1.29 is 50.2 Å². The number of halogens is 3. The number of nitrogens with one attached hydrogen (secondary N) is 1. The molecular weight excluding hydrogens is 437 g/mol. The third-order valence-corrected chi connectivity index (χ3v) is 5.92. The van der Waals surface area contributed by atoms with E-state index in [0.29, 0.717) is 4.90 Å². The number of sulfone groups is 1. The molecule has 14 heteroatoms. The molecule has 0 bridgehead atoms. The molecular formula is C16H19F3N2O8S. The van der Waals surface area contributed by atoms with Crippen molar-refractivity contribution in [3.05, 3.63) is 11.3 Å². The molecule has 2 aliphatic rings. The molecule has 1 fully saturated rings. The molecule has 2 heterocycles. The van der Waals surface area contributed by atoms with Crippen molar-refractivity contribution in [1.82, 2.24) is 10.2 Å². The van der Waals surface area contributed by atoms with Crippen LogP contribution in [-0.2, 0) is 38.5 Å². The lowest BCUT2D eigenvalue weighted by atomic mass is 10.0. The second-order valence-electron chi connectivity index (χ2n) is 7.59. The van der Waals surface area contributed by atoms with E-state index < -0.39 is 74.8 Å². The Morgan fingerprint density at radius 3 is 2.23 bits per heavy atom. The number of alkyl halides is 3. The Labute approximate surface area is 169 Å². The lowest BCUT2D eigenvalue weighted by molar-refractivity contribution is -0.177. The van der Waals surface area contributed by atoms with Crippen molar-refractivity contribution in [3.8, 4) is 0 Å². The summed E-state index contributed by atoms with van der Waals surface area (Å²) in [5.74, 6) is -6.55. The third-order valence-electron chi connectivity index (χ3n) is 3.95. The van der Waals surface area contributed by atoms with Crippen molar-refractivity contribution in [1.29, 1.82) is 0 Å². The summed E-state index contributed by atoms with van der Waals surface area (Å²) in [6.45, 7) is 4.88. The highest BCUT2D eigenvalue weighted by Gasteiger charge is 2.62. The van der Waals surface area contributed by atoms with E-state index in [9.17, 15) is 40.8 Å². The lowest BCUT2D eigenvalue weighted by Gasteiger charge is -2.49. The van der Waals surface area contributed by atoms with E-state index in [2.05, 4.69) is 0 Å². The van der Waals surface area contributed by atoms with Gasteiger partial charge in [0.1, 0.15) is 23.9 Å². The van der Waals surface area contributed by atoms with Crippen molar-refractivity contribution in [2.24, 2.45) is 0 Å². The number of β-lactam (4-membered cyclic amide) rings is 1. The van der Waals surface area contributed by atoms with Gasteiger partial charge >= 0.3 is 24.0 Å². The minimum Gasteiger partial charge on any atom is -0.461 e. The fraction of sp³-hybridized carbons (Fsp3) is 0.625. The Bertz CT molecular complexity index is 933. The van der Waals surface area contributed by atoms with Crippen LogP contribution in [0.15, 0.2) is 11.3 Å². The zero-order valence-corrected chi connectivity index (χ0v) is 17.1. The predicted octanol–water partition coefficient (Wildman–Crippen LogP) is -0.211. The van der Waals surface area contributed by atoms with Crippen LogP contribution >= 0.6 is 0 Å². The molecule has 0 aromatic rings. The zero-order valence-electron chi connectivity index (χ0n) is 16.3. The first-order valence-electron chi connectivity index (χ1n) is 8.47. The highest BCUT2D eigenvalue weighted by molar-refractivity contribution is 7.92. The number of rotatable bonds is 4. The van der Waals surface area contributed by atoms with Gasteiger partial charge in [0.2, 0.25) is 0 Å². The van der Waals surface area contributed by atoms with Gasteiger partial charge < -0.3 is 14.8 Å². The fourth-order valence-electron chi connectivity index (χ4n) is 2.86. The van der Waals surface area contributed by atoms with E-state index in [0.717, 1.165) is 6.92 Å². The quantitative estimate of drug-likeness (QED) is 0.453. The van der Waals surface area contributed by atoms with Crippen molar-refractivity contribution in [2.45, 2.75) is 50.9 Å². The molecule has 0 spiro atoms. The number of hydrogen-bond acceptors (Lipinski definition) is 8. The smallest absolute Gasteiger partial charge is 0.461 e. The Kier molecular flexibility index (Phi) is 5.96. The third kappa shape index (κ3) is 4.74. The SMILES string of the molecule is CC(=O)OCC1=C(C(=O)OC(C)(C)C)N2C(=O)[C@H](NC(=O)C(F)(F)F)[C@H]2S(=O)(=O)C1. The molecule has 1 saturated heterocycles. The summed E-state index contributed by atoms with van der Waals surface area (Å²) in [6, 6.07) is -2.03. The highest BCUT2D eigenvalue weighted by atomic mass is 32.2. The molecule has 0 aromatic carbocycles. The van der Waals surface area contributed by atoms with Crippen LogP contribution in [0, 0.1) is 0 Å². The lowest BCUT2D eigenvalue weighted by Crippen LogP contribution is -2.75. The molecule has 10 nitrogen and oxygen atoms in total. The van der Waals surface area contributed by atoms with Crippen molar-refractivity contribution in [2.75, 3.05) is 12.4 Å². The van der Waals surface area contributed by atoms with Gasteiger partial charge in [-0.2, -0.15) is 13.2 Å². The van der Waals surface area contributed by atoms with Gasteiger partial charge in [-0.3, -0.25) is 19.3 Å².